The lowest BCUT2D eigenvalue weighted by atomic mass is 10.1. The predicted molar refractivity (Wildman–Crippen MR) is 89.0 cm³/mol. The summed E-state index contributed by atoms with van der Waals surface area (Å²) in [6.07, 6.45) is 1.69. The summed E-state index contributed by atoms with van der Waals surface area (Å²) >= 11 is 5.98. The Kier molecular flexibility index (Phi) is 3.77. The van der Waals surface area contributed by atoms with Gasteiger partial charge in [0.25, 0.3) is 5.91 Å². The molecule has 3 rings (SSSR count). The standard InChI is InChI=1S/C17H15ClN2O2/c1-10-3-4-11(18)7-15(10)20-17(21)14-9-19-16-8-12(22-2)5-6-13(14)16/h3-9,19H,1-2H3,(H,20,21). The number of rotatable bonds is 3. The van der Waals surface area contributed by atoms with Crippen LogP contribution >= 0.6 is 11.6 Å². The van der Waals surface area contributed by atoms with Crippen molar-refractivity contribution in [3.05, 3.63) is 58.7 Å². The molecule has 1 amide bonds. The molecule has 22 heavy (non-hydrogen) atoms. The topological polar surface area (TPSA) is 54.1 Å². The van der Waals surface area contributed by atoms with E-state index in [-0.39, 0.29) is 5.91 Å². The molecule has 3 aromatic rings. The highest BCUT2D eigenvalue weighted by Gasteiger charge is 2.13. The molecule has 0 aliphatic rings. The summed E-state index contributed by atoms with van der Waals surface area (Å²) in [4.78, 5) is 15.6. The van der Waals surface area contributed by atoms with Gasteiger partial charge in [-0.1, -0.05) is 17.7 Å². The summed E-state index contributed by atoms with van der Waals surface area (Å²) in [6.45, 7) is 1.92. The summed E-state index contributed by atoms with van der Waals surface area (Å²) in [5.74, 6) is 0.564. The molecule has 4 nitrogen and oxygen atoms in total. The van der Waals surface area contributed by atoms with Crippen molar-refractivity contribution in [2.24, 2.45) is 0 Å². The van der Waals surface area contributed by atoms with Gasteiger partial charge in [0.2, 0.25) is 0 Å². The maximum atomic E-state index is 12.5. The first kappa shape index (κ1) is 14.5. The molecule has 1 heterocycles. The lowest BCUT2D eigenvalue weighted by molar-refractivity contribution is 0.102. The molecule has 0 aliphatic carbocycles. The lowest BCUT2D eigenvalue weighted by Gasteiger charge is -2.08. The molecule has 0 saturated carbocycles. The zero-order chi connectivity index (χ0) is 15.7. The number of benzene rings is 2. The maximum Gasteiger partial charge on any atom is 0.257 e. The van der Waals surface area contributed by atoms with Gasteiger partial charge in [-0.15, -0.1) is 0 Å². The van der Waals surface area contributed by atoms with E-state index < -0.39 is 0 Å². The molecule has 0 saturated heterocycles. The maximum absolute atomic E-state index is 12.5. The van der Waals surface area contributed by atoms with Crippen molar-refractivity contribution in [3.63, 3.8) is 0 Å². The fourth-order valence-electron chi connectivity index (χ4n) is 2.34. The van der Waals surface area contributed by atoms with Gasteiger partial charge in [0.1, 0.15) is 5.75 Å². The van der Waals surface area contributed by atoms with Crippen LogP contribution in [-0.4, -0.2) is 18.0 Å². The van der Waals surface area contributed by atoms with Crippen molar-refractivity contribution in [1.82, 2.24) is 4.98 Å². The number of amides is 1. The molecule has 0 radical (unpaired) electrons. The molecular formula is C17H15ClN2O2. The second-order valence-corrected chi connectivity index (χ2v) is 5.46. The Bertz CT molecular complexity index is 855. The van der Waals surface area contributed by atoms with Crippen molar-refractivity contribution in [1.29, 1.82) is 0 Å². The molecular weight excluding hydrogens is 300 g/mol. The largest absolute Gasteiger partial charge is 0.497 e. The summed E-state index contributed by atoms with van der Waals surface area (Å²) in [7, 11) is 1.61. The number of carbonyl (C=O) groups is 1. The zero-order valence-electron chi connectivity index (χ0n) is 12.2. The minimum Gasteiger partial charge on any atom is -0.497 e. The van der Waals surface area contributed by atoms with Crippen molar-refractivity contribution in [2.45, 2.75) is 6.92 Å². The summed E-state index contributed by atoms with van der Waals surface area (Å²) in [5, 5.41) is 4.33. The van der Waals surface area contributed by atoms with E-state index in [1.165, 1.54) is 0 Å². The van der Waals surface area contributed by atoms with E-state index in [1.807, 2.05) is 31.2 Å². The minimum atomic E-state index is -0.179. The average Bonchev–Trinajstić information content (AvgIpc) is 2.93. The normalized spacial score (nSPS) is 10.7. The van der Waals surface area contributed by atoms with Crippen LogP contribution in [0.3, 0.4) is 0 Å². The van der Waals surface area contributed by atoms with Gasteiger partial charge in [0, 0.05) is 33.9 Å². The number of aromatic amines is 1. The Morgan fingerprint density at radius 3 is 2.82 bits per heavy atom. The molecule has 0 spiro atoms. The highest BCUT2D eigenvalue weighted by atomic mass is 35.5. The average molecular weight is 315 g/mol. The second kappa shape index (κ2) is 5.73. The fourth-order valence-corrected chi connectivity index (χ4v) is 2.51. The Hall–Kier alpha value is -2.46. The van der Waals surface area contributed by atoms with Gasteiger partial charge in [0.15, 0.2) is 0 Å². The predicted octanol–water partition coefficient (Wildman–Crippen LogP) is 4.39. The Morgan fingerprint density at radius 1 is 1.23 bits per heavy atom. The lowest BCUT2D eigenvalue weighted by Crippen LogP contribution is -2.12. The monoisotopic (exact) mass is 314 g/mol. The number of methoxy groups -OCH3 is 1. The molecule has 2 N–H and O–H groups in total. The van der Waals surface area contributed by atoms with E-state index in [0.717, 1.165) is 22.2 Å². The molecule has 5 heteroatoms. The van der Waals surface area contributed by atoms with Gasteiger partial charge in [-0.3, -0.25) is 4.79 Å². The molecule has 0 aliphatic heterocycles. The summed E-state index contributed by atoms with van der Waals surface area (Å²) in [5.41, 5.74) is 3.10. The fraction of sp³-hybridized carbons (Fsp3) is 0.118. The van der Waals surface area contributed by atoms with Gasteiger partial charge in [-0.05, 0) is 36.8 Å². The number of fused-ring (bicyclic) bond motifs is 1. The van der Waals surface area contributed by atoms with E-state index in [0.29, 0.717) is 16.3 Å². The van der Waals surface area contributed by atoms with E-state index in [1.54, 1.807) is 25.4 Å². The number of anilines is 1. The molecule has 0 unspecified atom stereocenters. The number of carbonyl (C=O) groups excluding carboxylic acids is 1. The van der Waals surface area contributed by atoms with Crippen LogP contribution in [0.5, 0.6) is 5.75 Å². The van der Waals surface area contributed by atoms with Crippen molar-refractivity contribution in [3.8, 4) is 5.75 Å². The summed E-state index contributed by atoms with van der Waals surface area (Å²) in [6, 6.07) is 11.0. The van der Waals surface area contributed by atoms with Crippen molar-refractivity contribution < 1.29 is 9.53 Å². The number of aromatic nitrogens is 1. The first-order valence-electron chi connectivity index (χ1n) is 6.81. The van der Waals surface area contributed by atoms with Crippen molar-refractivity contribution >= 4 is 34.1 Å². The highest BCUT2D eigenvalue weighted by Crippen LogP contribution is 2.25. The molecule has 0 atom stereocenters. The van der Waals surface area contributed by atoms with Crippen LogP contribution < -0.4 is 10.1 Å². The SMILES string of the molecule is COc1ccc2c(C(=O)Nc3cc(Cl)ccc3C)c[nH]c2c1. The van der Waals surface area contributed by atoms with Crippen LogP contribution in [0.25, 0.3) is 10.9 Å². The first-order valence-corrected chi connectivity index (χ1v) is 7.19. The first-order chi connectivity index (χ1) is 10.6. The Balaban J connectivity index is 1.94. The van der Waals surface area contributed by atoms with Crippen LogP contribution in [0.1, 0.15) is 15.9 Å². The van der Waals surface area contributed by atoms with Gasteiger partial charge in [0.05, 0.1) is 12.7 Å². The van der Waals surface area contributed by atoms with E-state index in [4.69, 9.17) is 16.3 Å². The third-order valence-corrected chi connectivity index (χ3v) is 3.82. The quantitative estimate of drug-likeness (QED) is 0.753. The van der Waals surface area contributed by atoms with Crippen LogP contribution in [0.4, 0.5) is 5.69 Å². The van der Waals surface area contributed by atoms with Crippen LogP contribution in [0.15, 0.2) is 42.6 Å². The zero-order valence-corrected chi connectivity index (χ0v) is 13.0. The number of H-pyrrole nitrogens is 1. The number of hydrogen-bond donors (Lipinski definition) is 2. The van der Waals surface area contributed by atoms with Gasteiger partial charge in [-0.25, -0.2) is 0 Å². The molecule has 0 fully saturated rings. The summed E-state index contributed by atoms with van der Waals surface area (Å²) < 4.78 is 5.18. The van der Waals surface area contributed by atoms with Gasteiger partial charge < -0.3 is 15.0 Å². The van der Waals surface area contributed by atoms with Gasteiger partial charge in [-0.2, -0.15) is 0 Å². The number of nitrogens with one attached hydrogen (secondary N) is 2. The highest BCUT2D eigenvalue weighted by molar-refractivity contribution is 6.31. The molecule has 0 bridgehead atoms. The molecule has 2 aromatic carbocycles. The van der Waals surface area contributed by atoms with E-state index in [9.17, 15) is 4.79 Å². The Morgan fingerprint density at radius 2 is 2.05 bits per heavy atom. The minimum absolute atomic E-state index is 0.179. The van der Waals surface area contributed by atoms with Crippen molar-refractivity contribution in [2.75, 3.05) is 12.4 Å². The molecule has 1 aromatic heterocycles. The van der Waals surface area contributed by atoms with Crippen LogP contribution in [-0.2, 0) is 0 Å². The van der Waals surface area contributed by atoms with Crippen LogP contribution in [0.2, 0.25) is 5.02 Å². The third kappa shape index (κ3) is 2.65. The van der Waals surface area contributed by atoms with E-state index >= 15 is 0 Å². The smallest absolute Gasteiger partial charge is 0.257 e. The molecule has 112 valence electrons. The third-order valence-electron chi connectivity index (χ3n) is 3.58. The number of hydrogen-bond acceptors (Lipinski definition) is 2. The van der Waals surface area contributed by atoms with Crippen LogP contribution in [0, 0.1) is 6.92 Å². The number of ether oxygens (including phenoxy) is 1. The Labute approximate surface area is 133 Å². The number of halogens is 1. The van der Waals surface area contributed by atoms with Gasteiger partial charge >= 0.3 is 0 Å². The second-order valence-electron chi connectivity index (χ2n) is 5.03. The van der Waals surface area contributed by atoms with E-state index in [2.05, 4.69) is 10.3 Å². The number of aryl methyl sites for hydroxylation is 1.